The van der Waals surface area contributed by atoms with E-state index in [9.17, 15) is 22.8 Å². The monoisotopic (exact) mass is 372 g/mol. The summed E-state index contributed by atoms with van der Waals surface area (Å²) in [7, 11) is 0. The summed E-state index contributed by atoms with van der Waals surface area (Å²) in [6.07, 6.45) is -4.90. The quantitative estimate of drug-likeness (QED) is 0.645. The van der Waals surface area contributed by atoms with Crippen molar-refractivity contribution in [3.05, 3.63) is 47.1 Å². The van der Waals surface area contributed by atoms with Gasteiger partial charge in [-0.05, 0) is 11.6 Å². The number of alkyl halides is 3. The average Bonchev–Trinajstić information content (AvgIpc) is 2.79. The van der Waals surface area contributed by atoms with Crippen LogP contribution in [0.4, 0.5) is 13.2 Å². The van der Waals surface area contributed by atoms with Crippen molar-refractivity contribution in [2.75, 3.05) is 0 Å². The average molecular weight is 373 g/mol. The molecule has 2 heterocycles. The first-order valence-electron chi connectivity index (χ1n) is 7.15. The zero-order valence-electron chi connectivity index (χ0n) is 12.6. The van der Waals surface area contributed by atoms with E-state index >= 15 is 0 Å². The van der Waals surface area contributed by atoms with E-state index < -0.39 is 30.1 Å². The molecule has 3 rings (SSSR count). The molecule has 2 atom stereocenters. The van der Waals surface area contributed by atoms with E-state index in [0.29, 0.717) is 5.56 Å². The number of hydrogen-bond acceptors (Lipinski definition) is 5. The minimum atomic E-state index is -5.16. The molecule has 2 unspecified atom stereocenters. The lowest BCUT2D eigenvalue weighted by atomic mass is 10.1. The van der Waals surface area contributed by atoms with E-state index in [1.54, 1.807) is 30.3 Å². The molecule has 6 nitrogen and oxygen atoms in total. The number of nitrogens with zero attached hydrogens (tertiary/aromatic N) is 3. The number of fused-ring (bicyclic) bond motifs is 1. The van der Waals surface area contributed by atoms with Gasteiger partial charge in [0.05, 0.1) is 0 Å². The van der Waals surface area contributed by atoms with Crippen LogP contribution in [0.2, 0.25) is 0 Å². The van der Waals surface area contributed by atoms with Crippen molar-refractivity contribution in [3.63, 3.8) is 0 Å². The molecular weight excluding hydrogens is 361 g/mol. The Morgan fingerprint density at radius 2 is 1.92 bits per heavy atom. The predicted molar refractivity (Wildman–Crippen MR) is 83.0 cm³/mol. The molecular formula is C15H12ClF3N4O2. The normalized spacial score (nSPS) is 24.0. The number of benzene rings is 1. The number of carbonyl (C=O) groups excluding carboxylic acids is 2. The van der Waals surface area contributed by atoms with Crippen molar-refractivity contribution >= 4 is 29.3 Å². The number of hydrogen-bond donors (Lipinski definition) is 1. The van der Waals surface area contributed by atoms with Crippen LogP contribution in [0.15, 0.2) is 46.6 Å². The van der Waals surface area contributed by atoms with Gasteiger partial charge < -0.3 is 5.73 Å². The molecule has 0 aliphatic carbocycles. The number of Topliss-reactive ketones (excluding diaryl/α,β-unsaturated/α-hetero) is 1. The number of guanidine groups is 1. The number of ketones is 1. The van der Waals surface area contributed by atoms with Crippen molar-refractivity contribution < 1.29 is 22.8 Å². The summed E-state index contributed by atoms with van der Waals surface area (Å²) in [5, 5.41) is -0.0651. The van der Waals surface area contributed by atoms with Gasteiger partial charge in [-0.25, -0.2) is 4.99 Å². The van der Waals surface area contributed by atoms with Gasteiger partial charge in [0.1, 0.15) is 11.3 Å². The second-order valence-corrected chi connectivity index (χ2v) is 5.89. The highest BCUT2D eigenvalue weighted by Gasteiger charge is 2.57. The summed E-state index contributed by atoms with van der Waals surface area (Å²) >= 11 is 5.83. The molecule has 132 valence electrons. The lowest BCUT2D eigenvalue weighted by Gasteiger charge is -2.30. The maximum atomic E-state index is 13.0. The van der Waals surface area contributed by atoms with Crippen LogP contribution in [-0.4, -0.2) is 45.8 Å². The molecule has 25 heavy (non-hydrogen) atoms. The first kappa shape index (κ1) is 17.4. The molecule has 0 aromatic heterocycles. The Hall–Kier alpha value is -2.39. The lowest BCUT2D eigenvalue weighted by Crippen LogP contribution is -2.47. The fourth-order valence-corrected chi connectivity index (χ4v) is 3.04. The van der Waals surface area contributed by atoms with Gasteiger partial charge in [-0.3, -0.25) is 19.4 Å². The van der Waals surface area contributed by atoms with Crippen LogP contribution >= 0.6 is 11.6 Å². The molecule has 0 bridgehead atoms. The standard InChI is InChI=1S/C15H12ClF3N4O2/c16-9-6-10-22(7-8-4-2-1-3-5-8)11(12(24)15(17,18)19)13(25)23(10)14(20)21-9/h1-6,10-11H,7H2,(H2,20,21). The zero-order valence-corrected chi connectivity index (χ0v) is 13.3. The van der Waals surface area contributed by atoms with Gasteiger partial charge >= 0.3 is 6.18 Å². The third kappa shape index (κ3) is 3.12. The van der Waals surface area contributed by atoms with Crippen LogP contribution in [0.3, 0.4) is 0 Å². The molecule has 0 spiro atoms. The van der Waals surface area contributed by atoms with E-state index in [1.165, 1.54) is 6.08 Å². The molecule has 2 aliphatic rings. The summed E-state index contributed by atoms with van der Waals surface area (Å²) in [6.45, 7) is -0.0752. The number of aliphatic imine (C=N–C) groups is 1. The molecule has 1 saturated heterocycles. The first-order valence-corrected chi connectivity index (χ1v) is 7.53. The number of carbonyl (C=O) groups is 2. The van der Waals surface area contributed by atoms with E-state index in [1.807, 2.05) is 0 Å². The van der Waals surface area contributed by atoms with E-state index in [4.69, 9.17) is 17.3 Å². The molecule has 0 saturated carbocycles. The Morgan fingerprint density at radius 1 is 1.28 bits per heavy atom. The maximum absolute atomic E-state index is 13.0. The Balaban J connectivity index is 2.04. The van der Waals surface area contributed by atoms with Gasteiger partial charge in [-0.2, -0.15) is 13.2 Å². The number of nitrogens with two attached hydrogens (primary N) is 1. The lowest BCUT2D eigenvalue weighted by molar-refractivity contribution is -0.177. The van der Waals surface area contributed by atoms with Gasteiger partial charge in [-0.1, -0.05) is 41.9 Å². The van der Waals surface area contributed by atoms with Crippen LogP contribution < -0.4 is 5.73 Å². The van der Waals surface area contributed by atoms with Crippen LogP contribution in [0.25, 0.3) is 0 Å². The second-order valence-electron chi connectivity index (χ2n) is 5.50. The maximum Gasteiger partial charge on any atom is 0.452 e. The fraction of sp³-hybridized carbons (Fsp3) is 0.267. The summed E-state index contributed by atoms with van der Waals surface area (Å²) in [5.41, 5.74) is 6.27. The van der Waals surface area contributed by atoms with Gasteiger partial charge in [0.2, 0.25) is 5.96 Å². The van der Waals surface area contributed by atoms with E-state index in [2.05, 4.69) is 4.99 Å². The molecule has 1 aromatic rings. The highest BCUT2D eigenvalue weighted by Crippen LogP contribution is 2.33. The Kier molecular flexibility index (Phi) is 4.29. The third-order valence-corrected chi connectivity index (χ3v) is 4.11. The molecule has 2 aliphatic heterocycles. The molecule has 0 radical (unpaired) electrons. The van der Waals surface area contributed by atoms with Crippen molar-refractivity contribution in [1.29, 1.82) is 0 Å². The van der Waals surface area contributed by atoms with Crippen LogP contribution in [-0.2, 0) is 16.1 Å². The summed E-state index contributed by atoms with van der Waals surface area (Å²) in [5.74, 6) is -3.58. The minimum Gasteiger partial charge on any atom is -0.369 e. The third-order valence-electron chi connectivity index (χ3n) is 3.90. The van der Waals surface area contributed by atoms with Crippen LogP contribution in [0.5, 0.6) is 0 Å². The topological polar surface area (TPSA) is 79.0 Å². The molecule has 2 N–H and O–H groups in total. The minimum absolute atomic E-state index is 0.0651. The highest BCUT2D eigenvalue weighted by atomic mass is 35.5. The van der Waals surface area contributed by atoms with E-state index in [-0.39, 0.29) is 17.7 Å². The van der Waals surface area contributed by atoms with E-state index in [0.717, 1.165) is 9.80 Å². The molecule has 10 heteroatoms. The zero-order chi connectivity index (χ0) is 18.4. The van der Waals surface area contributed by atoms with Crippen molar-refractivity contribution in [3.8, 4) is 0 Å². The smallest absolute Gasteiger partial charge is 0.369 e. The Labute approximate surface area is 145 Å². The SMILES string of the molecule is NC1=NC(Cl)=CC2N1C(=O)C(C(=O)C(F)(F)F)N2Cc1ccccc1. The van der Waals surface area contributed by atoms with Crippen LogP contribution in [0.1, 0.15) is 5.56 Å². The van der Waals surface area contributed by atoms with Crippen molar-refractivity contribution in [2.45, 2.75) is 24.9 Å². The van der Waals surface area contributed by atoms with Gasteiger partial charge in [-0.15, -0.1) is 0 Å². The number of amides is 1. The van der Waals surface area contributed by atoms with Crippen LogP contribution in [0, 0.1) is 0 Å². The van der Waals surface area contributed by atoms with Gasteiger partial charge in [0, 0.05) is 6.54 Å². The fourth-order valence-electron chi connectivity index (χ4n) is 2.84. The predicted octanol–water partition coefficient (Wildman–Crippen LogP) is 1.57. The number of halogens is 4. The second kappa shape index (κ2) is 6.16. The van der Waals surface area contributed by atoms with Gasteiger partial charge in [0.25, 0.3) is 11.7 Å². The van der Waals surface area contributed by atoms with Crippen molar-refractivity contribution in [1.82, 2.24) is 9.80 Å². The highest BCUT2D eigenvalue weighted by molar-refractivity contribution is 6.30. The largest absolute Gasteiger partial charge is 0.452 e. The summed E-state index contributed by atoms with van der Waals surface area (Å²) < 4.78 is 39.0. The number of rotatable bonds is 3. The molecule has 1 fully saturated rings. The first-order chi connectivity index (χ1) is 11.7. The Morgan fingerprint density at radius 3 is 2.52 bits per heavy atom. The van der Waals surface area contributed by atoms with Crippen molar-refractivity contribution in [2.24, 2.45) is 10.7 Å². The molecule has 1 aromatic carbocycles. The summed E-state index contributed by atoms with van der Waals surface area (Å²) in [6, 6.07) is 6.45. The Bertz CT molecular complexity index is 779. The van der Waals surface area contributed by atoms with Gasteiger partial charge in [0.15, 0.2) is 6.04 Å². The summed E-state index contributed by atoms with van der Waals surface area (Å²) in [4.78, 5) is 30.0. The molecule has 1 amide bonds.